The van der Waals surface area contributed by atoms with Gasteiger partial charge in [0.2, 0.25) is 0 Å². The standard InChI is InChI=1S/C31H35FN2O4/c1-2-37-25-14-20(13-24(21-3-4-21)27(25)22-5-7-23(32)8-6-22)16-34-18-31(19-34)15-26(33-38-31)29-9-11-30(17-29,12-10-29)28(35)36/h5-8,13-14,21H,2-4,9-12,15-19H2,1H3,(H,35,36). The molecule has 5 aliphatic rings. The van der Waals surface area contributed by atoms with E-state index in [4.69, 9.17) is 9.57 Å². The molecule has 2 heterocycles. The van der Waals surface area contributed by atoms with Crippen LogP contribution < -0.4 is 4.74 Å². The minimum atomic E-state index is -0.636. The molecular formula is C31H35FN2O4. The number of ether oxygens (including phenoxy) is 1. The summed E-state index contributed by atoms with van der Waals surface area (Å²) in [7, 11) is 0. The van der Waals surface area contributed by atoms with E-state index >= 15 is 0 Å². The second-order valence-electron chi connectivity index (χ2n) is 12.4. The van der Waals surface area contributed by atoms with Gasteiger partial charge in [0.15, 0.2) is 5.60 Å². The van der Waals surface area contributed by atoms with E-state index in [9.17, 15) is 14.3 Å². The van der Waals surface area contributed by atoms with Crippen LogP contribution in [-0.2, 0) is 16.2 Å². The highest BCUT2D eigenvalue weighted by Crippen LogP contribution is 2.63. The predicted molar refractivity (Wildman–Crippen MR) is 142 cm³/mol. The monoisotopic (exact) mass is 518 g/mol. The fourth-order valence-corrected chi connectivity index (χ4v) is 7.70. The summed E-state index contributed by atoms with van der Waals surface area (Å²) >= 11 is 0. The van der Waals surface area contributed by atoms with Crippen molar-refractivity contribution in [3.05, 3.63) is 53.3 Å². The smallest absolute Gasteiger partial charge is 0.309 e. The molecule has 2 aliphatic heterocycles. The number of carboxylic acids is 1. The number of nitrogens with zero attached hydrogens (tertiary/aromatic N) is 2. The average Bonchev–Trinajstić information content (AvgIpc) is 3.34. The molecule has 0 unspecified atom stereocenters. The van der Waals surface area contributed by atoms with Gasteiger partial charge < -0.3 is 14.7 Å². The maximum atomic E-state index is 13.6. The number of likely N-dealkylation sites (tertiary alicyclic amines) is 1. The zero-order valence-electron chi connectivity index (χ0n) is 22.0. The van der Waals surface area contributed by atoms with Gasteiger partial charge in [-0.15, -0.1) is 0 Å². The summed E-state index contributed by atoms with van der Waals surface area (Å²) < 4.78 is 19.8. The van der Waals surface area contributed by atoms with Gasteiger partial charge in [0, 0.05) is 37.0 Å². The maximum Gasteiger partial charge on any atom is 0.309 e. The molecule has 0 atom stereocenters. The second kappa shape index (κ2) is 8.54. The zero-order chi connectivity index (χ0) is 26.1. The van der Waals surface area contributed by atoms with Crippen molar-refractivity contribution in [3.63, 3.8) is 0 Å². The Kier molecular flexibility index (Phi) is 5.42. The Labute approximate surface area is 222 Å². The van der Waals surface area contributed by atoms with Gasteiger partial charge in [0.1, 0.15) is 11.6 Å². The molecule has 200 valence electrons. The highest BCUT2D eigenvalue weighted by atomic mass is 19.1. The van der Waals surface area contributed by atoms with Gasteiger partial charge in [-0.25, -0.2) is 4.39 Å². The number of rotatable bonds is 8. The molecule has 7 rings (SSSR count). The molecule has 4 fully saturated rings. The van der Waals surface area contributed by atoms with E-state index in [-0.39, 0.29) is 16.8 Å². The lowest BCUT2D eigenvalue weighted by Gasteiger charge is -2.46. The SMILES string of the molecule is CCOc1cc(CN2CC3(CC(C45CCC(C(=O)O)(CC4)C5)=NO3)C2)cc(C2CC2)c1-c1ccc(F)cc1. The largest absolute Gasteiger partial charge is 0.493 e. The van der Waals surface area contributed by atoms with Crippen LogP contribution in [0, 0.1) is 16.6 Å². The van der Waals surface area contributed by atoms with Crippen molar-refractivity contribution in [3.8, 4) is 16.9 Å². The molecule has 7 heteroatoms. The van der Waals surface area contributed by atoms with Crippen molar-refractivity contribution in [1.82, 2.24) is 4.90 Å². The van der Waals surface area contributed by atoms with Crippen LogP contribution in [0.5, 0.6) is 5.75 Å². The molecule has 0 radical (unpaired) electrons. The molecule has 6 nitrogen and oxygen atoms in total. The Morgan fingerprint density at radius 2 is 1.89 bits per heavy atom. The van der Waals surface area contributed by atoms with Gasteiger partial charge in [-0.05, 0) is 92.7 Å². The topological polar surface area (TPSA) is 71.4 Å². The molecule has 1 spiro atoms. The number of hydrogen-bond donors (Lipinski definition) is 1. The van der Waals surface area contributed by atoms with Crippen molar-refractivity contribution in [1.29, 1.82) is 0 Å². The first kappa shape index (κ1) is 24.1. The zero-order valence-corrected chi connectivity index (χ0v) is 22.0. The number of halogens is 1. The molecule has 0 amide bonds. The van der Waals surface area contributed by atoms with Crippen molar-refractivity contribution >= 4 is 11.7 Å². The lowest BCUT2D eigenvalue weighted by atomic mass is 9.74. The summed E-state index contributed by atoms with van der Waals surface area (Å²) in [6.07, 6.45) is 7.27. The molecule has 3 saturated carbocycles. The van der Waals surface area contributed by atoms with E-state index in [1.54, 1.807) is 0 Å². The minimum Gasteiger partial charge on any atom is -0.493 e. The van der Waals surface area contributed by atoms with Crippen LogP contribution in [0.4, 0.5) is 4.39 Å². The first-order valence-electron chi connectivity index (χ1n) is 14.1. The average molecular weight is 519 g/mol. The van der Waals surface area contributed by atoms with E-state index in [0.29, 0.717) is 12.5 Å². The van der Waals surface area contributed by atoms with Gasteiger partial charge >= 0.3 is 5.97 Å². The Morgan fingerprint density at radius 3 is 2.53 bits per heavy atom. The van der Waals surface area contributed by atoms with Crippen LogP contribution in [-0.4, -0.2) is 47.0 Å². The number of fused-ring (bicyclic) bond motifs is 2. The van der Waals surface area contributed by atoms with Crippen LogP contribution in [0.25, 0.3) is 11.1 Å². The number of carboxylic acid groups (broad SMARTS) is 1. The summed E-state index contributed by atoms with van der Waals surface area (Å²) in [6.45, 7) is 5.04. The fourth-order valence-electron chi connectivity index (χ4n) is 7.70. The molecule has 2 bridgehead atoms. The fraction of sp³-hybridized carbons (Fsp3) is 0.548. The highest BCUT2D eigenvalue weighted by Gasteiger charge is 2.63. The molecule has 1 N–H and O–H groups in total. The summed E-state index contributed by atoms with van der Waals surface area (Å²) in [6, 6.07) is 11.2. The number of hydrogen-bond acceptors (Lipinski definition) is 5. The molecule has 38 heavy (non-hydrogen) atoms. The third kappa shape index (κ3) is 3.84. The minimum absolute atomic E-state index is 0.0654. The van der Waals surface area contributed by atoms with Gasteiger partial charge in [0.05, 0.1) is 17.7 Å². The van der Waals surface area contributed by atoms with E-state index in [0.717, 1.165) is 80.7 Å². The number of oxime groups is 1. The lowest BCUT2D eigenvalue weighted by molar-refractivity contribution is -0.148. The number of carbonyl (C=O) groups is 1. The quantitative estimate of drug-likeness (QED) is 0.455. The molecule has 1 saturated heterocycles. The molecular weight excluding hydrogens is 483 g/mol. The van der Waals surface area contributed by atoms with E-state index in [1.807, 2.05) is 19.1 Å². The van der Waals surface area contributed by atoms with Crippen LogP contribution in [0.1, 0.15) is 75.3 Å². The summed E-state index contributed by atoms with van der Waals surface area (Å²) in [5.74, 6) is 0.537. The van der Waals surface area contributed by atoms with Crippen LogP contribution in [0.2, 0.25) is 0 Å². The first-order valence-corrected chi connectivity index (χ1v) is 14.1. The molecule has 0 aromatic heterocycles. The number of benzene rings is 2. The maximum absolute atomic E-state index is 13.6. The van der Waals surface area contributed by atoms with Crippen molar-refractivity contribution in [2.75, 3.05) is 19.7 Å². The Bertz CT molecular complexity index is 1300. The normalized spacial score (nSPS) is 29.3. The Morgan fingerprint density at radius 1 is 1.16 bits per heavy atom. The van der Waals surface area contributed by atoms with Gasteiger partial charge in [0.25, 0.3) is 0 Å². The first-order chi connectivity index (χ1) is 18.3. The second-order valence-corrected chi connectivity index (χ2v) is 12.4. The molecule has 3 aliphatic carbocycles. The summed E-state index contributed by atoms with van der Waals surface area (Å²) in [5, 5.41) is 14.4. The summed E-state index contributed by atoms with van der Waals surface area (Å²) in [4.78, 5) is 20.4. The summed E-state index contributed by atoms with van der Waals surface area (Å²) in [5.41, 5.74) is 4.87. The third-order valence-corrected chi connectivity index (χ3v) is 9.82. The molecule has 2 aromatic carbocycles. The Balaban J connectivity index is 1.06. The van der Waals surface area contributed by atoms with E-state index in [1.165, 1.54) is 36.1 Å². The van der Waals surface area contributed by atoms with Crippen molar-refractivity contribution in [2.24, 2.45) is 16.0 Å². The van der Waals surface area contributed by atoms with Crippen LogP contribution >= 0.6 is 0 Å². The lowest BCUT2D eigenvalue weighted by Crippen LogP contribution is -2.61. The predicted octanol–water partition coefficient (Wildman–Crippen LogP) is 6.13. The van der Waals surface area contributed by atoms with Crippen molar-refractivity contribution < 1.29 is 23.9 Å². The van der Waals surface area contributed by atoms with Gasteiger partial charge in [-0.2, -0.15) is 0 Å². The van der Waals surface area contributed by atoms with Gasteiger partial charge in [-0.3, -0.25) is 9.69 Å². The van der Waals surface area contributed by atoms with Gasteiger partial charge in [-0.1, -0.05) is 23.4 Å². The van der Waals surface area contributed by atoms with E-state index < -0.39 is 11.4 Å². The van der Waals surface area contributed by atoms with Crippen molar-refractivity contribution in [2.45, 2.75) is 76.4 Å². The van der Waals surface area contributed by atoms with Crippen LogP contribution in [0.3, 0.4) is 0 Å². The Hall–Kier alpha value is -2.93. The highest BCUT2D eigenvalue weighted by molar-refractivity contribution is 5.94. The third-order valence-electron chi connectivity index (χ3n) is 9.82. The number of aliphatic carboxylic acids is 1. The van der Waals surface area contributed by atoms with E-state index in [2.05, 4.69) is 22.2 Å². The molecule has 2 aromatic rings. The van der Waals surface area contributed by atoms with Crippen LogP contribution in [0.15, 0.2) is 41.6 Å².